The number of halogens is 2. The molecule has 0 bridgehead atoms. The summed E-state index contributed by atoms with van der Waals surface area (Å²) in [5.74, 6) is -0.366. The highest BCUT2D eigenvalue weighted by Crippen LogP contribution is 2.29. The third kappa shape index (κ3) is 3.48. The van der Waals surface area contributed by atoms with Gasteiger partial charge in [0.25, 0.3) is 0 Å². The van der Waals surface area contributed by atoms with E-state index in [9.17, 15) is 8.78 Å². The van der Waals surface area contributed by atoms with E-state index in [1.54, 1.807) is 0 Å². The second-order valence-electron chi connectivity index (χ2n) is 6.91. The molecule has 0 spiro atoms. The van der Waals surface area contributed by atoms with Gasteiger partial charge in [0.2, 0.25) is 0 Å². The number of ether oxygens (including phenoxy) is 1. The van der Waals surface area contributed by atoms with Gasteiger partial charge < -0.3 is 4.74 Å². The Hall–Kier alpha value is -2.68. The smallest absolute Gasteiger partial charge is 0.126 e. The molecule has 1 aliphatic rings. The van der Waals surface area contributed by atoms with Crippen LogP contribution in [0, 0.1) is 11.6 Å². The predicted molar refractivity (Wildman–Crippen MR) is 98.6 cm³/mol. The minimum Gasteiger partial charge on any atom is -0.490 e. The third-order valence-electron chi connectivity index (χ3n) is 5.08. The van der Waals surface area contributed by atoms with Crippen LogP contribution in [-0.4, -0.2) is 6.10 Å². The van der Waals surface area contributed by atoms with E-state index in [0.717, 1.165) is 30.2 Å². The van der Waals surface area contributed by atoms with Crippen LogP contribution >= 0.6 is 0 Å². The molecular weight excluding hydrogens is 330 g/mol. The van der Waals surface area contributed by atoms with E-state index < -0.39 is 11.6 Å². The highest BCUT2D eigenvalue weighted by molar-refractivity contribution is 5.37. The molecule has 1 atom stereocenters. The lowest BCUT2D eigenvalue weighted by Gasteiger charge is -2.16. The fraction of sp³-hybridized carbons (Fsp3) is 0.217. The maximum Gasteiger partial charge on any atom is 0.126 e. The van der Waals surface area contributed by atoms with Crippen molar-refractivity contribution in [1.29, 1.82) is 0 Å². The van der Waals surface area contributed by atoms with Crippen molar-refractivity contribution in [3.05, 3.63) is 101 Å². The molecule has 0 saturated carbocycles. The Morgan fingerprint density at radius 1 is 0.808 bits per heavy atom. The van der Waals surface area contributed by atoms with E-state index >= 15 is 0 Å². The predicted octanol–water partition coefficient (Wildman–Crippen LogP) is 5.66. The second kappa shape index (κ2) is 6.91. The van der Waals surface area contributed by atoms with Crippen LogP contribution < -0.4 is 4.74 Å². The molecule has 132 valence electrons. The largest absolute Gasteiger partial charge is 0.490 e. The van der Waals surface area contributed by atoms with Crippen molar-refractivity contribution < 1.29 is 13.5 Å². The monoisotopic (exact) mass is 350 g/mol. The topological polar surface area (TPSA) is 9.23 Å². The van der Waals surface area contributed by atoms with Gasteiger partial charge in [0, 0.05) is 24.8 Å². The molecule has 0 heterocycles. The maximum absolute atomic E-state index is 13.4. The number of rotatable bonds is 4. The number of fused-ring (bicyclic) bond motifs is 1. The van der Waals surface area contributed by atoms with Crippen molar-refractivity contribution in [2.45, 2.75) is 31.8 Å². The van der Waals surface area contributed by atoms with E-state index in [-0.39, 0.29) is 12.0 Å². The highest BCUT2D eigenvalue weighted by Gasteiger charge is 2.22. The molecule has 4 rings (SSSR count). The van der Waals surface area contributed by atoms with Crippen molar-refractivity contribution in [2.24, 2.45) is 0 Å². The van der Waals surface area contributed by atoms with Crippen LogP contribution in [0.3, 0.4) is 0 Å². The summed E-state index contributed by atoms with van der Waals surface area (Å²) >= 11 is 0. The standard InChI is InChI=1S/C23H20F2O/c1-15(19-10-20(24)14-21(25)11-19)16-6-8-22(9-7-16)26-23-12-17-4-2-3-5-18(17)13-23/h2-11,14-15,23H,12-13H2,1H3. The Morgan fingerprint density at radius 2 is 1.38 bits per heavy atom. The Kier molecular flexibility index (Phi) is 4.46. The van der Waals surface area contributed by atoms with Crippen LogP contribution in [-0.2, 0) is 12.8 Å². The van der Waals surface area contributed by atoms with Gasteiger partial charge in [0.05, 0.1) is 0 Å². The quantitative estimate of drug-likeness (QED) is 0.590. The molecule has 0 radical (unpaired) electrons. The molecule has 0 aromatic heterocycles. The first-order chi connectivity index (χ1) is 12.6. The van der Waals surface area contributed by atoms with Gasteiger partial charge in [-0.05, 0) is 46.5 Å². The molecule has 1 aliphatic carbocycles. The van der Waals surface area contributed by atoms with Gasteiger partial charge >= 0.3 is 0 Å². The summed E-state index contributed by atoms with van der Waals surface area (Å²) in [7, 11) is 0. The average molecular weight is 350 g/mol. The summed E-state index contributed by atoms with van der Waals surface area (Å²) < 4.78 is 33.0. The molecule has 3 aromatic rings. The van der Waals surface area contributed by atoms with E-state index in [0.29, 0.717) is 5.56 Å². The van der Waals surface area contributed by atoms with Crippen molar-refractivity contribution in [1.82, 2.24) is 0 Å². The fourth-order valence-electron chi connectivity index (χ4n) is 3.65. The average Bonchev–Trinajstić information content (AvgIpc) is 3.03. The van der Waals surface area contributed by atoms with Crippen LogP contribution in [0.15, 0.2) is 66.7 Å². The first kappa shape index (κ1) is 16.8. The first-order valence-electron chi connectivity index (χ1n) is 8.88. The maximum atomic E-state index is 13.4. The molecule has 0 aliphatic heterocycles. The van der Waals surface area contributed by atoms with Gasteiger partial charge in [-0.2, -0.15) is 0 Å². The Balaban J connectivity index is 1.45. The molecule has 1 nitrogen and oxygen atoms in total. The summed E-state index contributed by atoms with van der Waals surface area (Å²) in [5, 5.41) is 0. The van der Waals surface area contributed by atoms with Gasteiger partial charge in [0.1, 0.15) is 23.5 Å². The van der Waals surface area contributed by atoms with Crippen LogP contribution in [0.1, 0.15) is 35.1 Å². The van der Waals surface area contributed by atoms with Crippen LogP contribution in [0.2, 0.25) is 0 Å². The summed E-state index contributed by atoms with van der Waals surface area (Å²) in [6, 6.07) is 19.9. The summed E-state index contributed by atoms with van der Waals surface area (Å²) in [6.07, 6.45) is 2.02. The molecule has 0 amide bonds. The zero-order valence-electron chi connectivity index (χ0n) is 14.6. The lowest BCUT2D eigenvalue weighted by Crippen LogP contribution is -2.16. The molecule has 0 saturated heterocycles. The number of hydrogen-bond donors (Lipinski definition) is 0. The Morgan fingerprint density at radius 3 is 1.96 bits per heavy atom. The highest BCUT2D eigenvalue weighted by atomic mass is 19.1. The van der Waals surface area contributed by atoms with E-state index in [1.807, 2.05) is 31.2 Å². The molecular formula is C23H20F2O. The van der Waals surface area contributed by atoms with E-state index in [2.05, 4.69) is 24.3 Å². The summed E-state index contributed by atoms with van der Waals surface area (Å²) in [5.41, 5.74) is 4.34. The SMILES string of the molecule is CC(c1ccc(OC2Cc3ccccc3C2)cc1)c1cc(F)cc(F)c1. The zero-order chi connectivity index (χ0) is 18.1. The minimum atomic E-state index is -0.549. The van der Waals surface area contributed by atoms with Crippen molar-refractivity contribution >= 4 is 0 Å². The zero-order valence-corrected chi connectivity index (χ0v) is 14.6. The third-order valence-corrected chi connectivity index (χ3v) is 5.08. The van der Waals surface area contributed by atoms with E-state index in [4.69, 9.17) is 4.74 Å². The van der Waals surface area contributed by atoms with Crippen LogP contribution in [0.5, 0.6) is 5.75 Å². The van der Waals surface area contributed by atoms with Crippen molar-refractivity contribution in [2.75, 3.05) is 0 Å². The van der Waals surface area contributed by atoms with Crippen molar-refractivity contribution in [3.8, 4) is 5.75 Å². The summed E-state index contributed by atoms with van der Waals surface area (Å²) in [6.45, 7) is 1.94. The van der Waals surface area contributed by atoms with Gasteiger partial charge in [-0.1, -0.05) is 43.3 Å². The van der Waals surface area contributed by atoms with Gasteiger partial charge in [-0.3, -0.25) is 0 Å². The Labute approximate surface area is 152 Å². The fourth-order valence-corrected chi connectivity index (χ4v) is 3.65. The number of hydrogen-bond acceptors (Lipinski definition) is 1. The van der Waals surface area contributed by atoms with Crippen molar-refractivity contribution in [3.63, 3.8) is 0 Å². The molecule has 3 aromatic carbocycles. The molecule has 3 heteroatoms. The molecule has 0 N–H and O–H groups in total. The Bertz CT molecular complexity index is 872. The van der Waals surface area contributed by atoms with Gasteiger partial charge in [-0.25, -0.2) is 8.78 Å². The molecule has 1 unspecified atom stereocenters. The number of benzene rings is 3. The second-order valence-corrected chi connectivity index (χ2v) is 6.91. The first-order valence-corrected chi connectivity index (χ1v) is 8.88. The van der Waals surface area contributed by atoms with Gasteiger partial charge in [0.15, 0.2) is 0 Å². The molecule has 0 fully saturated rings. The lowest BCUT2D eigenvalue weighted by molar-refractivity contribution is 0.214. The molecule has 26 heavy (non-hydrogen) atoms. The normalized spacial score (nSPS) is 14.9. The lowest BCUT2D eigenvalue weighted by atomic mass is 9.93. The minimum absolute atomic E-state index is 0.0926. The van der Waals surface area contributed by atoms with E-state index in [1.165, 1.54) is 23.3 Å². The van der Waals surface area contributed by atoms with Crippen LogP contribution in [0.25, 0.3) is 0 Å². The van der Waals surface area contributed by atoms with Crippen LogP contribution in [0.4, 0.5) is 8.78 Å². The van der Waals surface area contributed by atoms with Gasteiger partial charge in [-0.15, -0.1) is 0 Å². The summed E-state index contributed by atoms with van der Waals surface area (Å²) in [4.78, 5) is 0.